The van der Waals surface area contributed by atoms with Crippen molar-refractivity contribution < 1.29 is 4.74 Å². The van der Waals surface area contributed by atoms with E-state index in [9.17, 15) is 0 Å². The number of ether oxygens (including phenoxy) is 1. The lowest BCUT2D eigenvalue weighted by atomic mass is 9.64. The fourth-order valence-electron chi connectivity index (χ4n) is 5.96. The zero-order chi connectivity index (χ0) is 16.3. The summed E-state index contributed by atoms with van der Waals surface area (Å²) in [5, 5.41) is 1.47. The van der Waals surface area contributed by atoms with Gasteiger partial charge in [-0.05, 0) is 56.2 Å². The quantitative estimate of drug-likeness (QED) is 0.816. The van der Waals surface area contributed by atoms with Gasteiger partial charge in [0.1, 0.15) is 6.23 Å². The van der Waals surface area contributed by atoms with Crippen molar-refractivity contribution in [1.29, 1.82) is 0 Å². The molecule has 1 fully saturated rings. The highest BCUT2D eigenvalue weighted by molar-refractivity contribution is 5.86. The Bertz CT molecular complexity index is 779. The van der Waals surface area contributed by atoms with Crippen LogP contribution in [-0.2, 0) is 11.2 Å². The second kappa shape index (κ2) is 5.34. The SMILES string of the molecule is CCO[C@H]1C[C@@]2(CC)CCCN3CCc4c(n1c1ccccc41)[C@H]32. The van der Waals surface area contributed by atoms with Crippen LogP contribution >= 0.6 is 0 Å². The smallest absolute Gasteiger partial charge is 0.134 e. The van der Waals surface area contributed by atoms with Gasteiger partial charge in [-0.25, -0.2) is 0 Å². The van der Waals surface area contributed by atoms with E-state index >= 15 is 0 Å². The van der Waals surface area contributed by atoms with Crippen LogP contribution < -0.4 is 0 Å². The normalized spacial score (nSPS) is 32.1. The molecule has 1 aromatic carbocycles. The van der Waals surface area contributed by atoms with Gasteiger partial charge in [0, 0.05) is 30.7 Å². The molecule has 0 bridgehead atoms. The summed E-state index contributed by atoms with van der Waals surface area (Å²) in [4.78, 5) is 2.78. The number of benzene rings is 1. The predicted octanol–water partition coefficient (Wildman–Crippen LogP) is 4.67. The molecular weight excluding hydrogens is 296 g/mol. The molecule has 3 nitrogen and oxygen atoms in total. The summed E-state index contributed by atoms with van der Waals surface area (Å²) in [5.41, 5.74) is 4.99. The van der Waals surface area contributed by atoms with Crippen molar-refractivity contribution in [2.45, 2.75) is 58.2 Å². The van der Waals surface area contributed by atoms with Crippen LogP contribution in [0.1, 0.15) is 63.1 Å². The number of nitrogens with zero attached hydrogens (tertiary/aromatic N) is 2. The van der Waals surface area contributed by atoms with E-state index in [2.05, 4.69) is 47.6 Å². The second-order valence-electron chi connectivity index (χ2n) is 7.87. The summed E-state index contributed by atoms with van der Waals surface area (Å²) in [5.74, 6) is 0. The van der Waals surface area contributed by atoms with E-state index in [4.69, 9.17) is 4.74 Å². The van der Waals surface area contributed by atoms with E-state index in [1.165, 1.54) is 56.1 Å². The Labute approximate surface area is 144 Å². The number of fused-ring (bicyclic) bond motifs is 3. The molecule has 1 saturated heterocycles. The largest absolute Gasteiger partial charge is 0.358 e. The molecule has 4 heterocycles. The minimum atomic E-state index is 0.206. The average Bonchev–Trinajstić information content (AvgIpc) is 2.96. The molecule has 0 amide bonds. The van der Waals surface area contributed by atoms with Gasteiger partial charge in [0.05, 0.1) is 11.6 Å². The Morgan fingerprint density at radius 3 is 2.92 bits per heavy atom. The van der Waals surface area contributed by atoms with E-state index in [0.717, 1.165) is 6.61 Å². The molecule has 0 unspecified atom stereocenters. The van der Waals surface area contributed by atoms with Gasteiger partial charge in [0.25, 0.3) is 0 Å². The van der Waals surface area contributed by atoms with Crippen LogP contribution in [-0.4, -0.2) is 29.2 Å². The maximum Gasteiger partial charge on any atom is 0.134 e. The number of piperidine rings is 1. The topological polar surface area (TPSA) is 17.4 Å². The van der Waals surface area contributed by atoms with Crippen molar-refractivity contribution in [3.05, 3.63) is 35.5 Å². The summed E-state index contributed by atoms with van der Waals surface area (Å²) in [7, 11) is 0. The third-order valence-electron chi connectivity index (χ3n) is 6.96. The Hall–Kier alpha value is -1.32. The summed E-state index contributed by atoms with van der Waals surface area (Å²) < 4.78 is 8.88. The predicted molar refractivity (Wildman–Crippen MR) is 97.2 cm³/mol. The minimum Gasteiger partial charge on any atom is -0.358 e. The molecule has 0 saturated carbocycles. The molecule has 0 radical (unpaired) electrons. The Morgan fingerprint density at radius 2 is 2.08 bits per heavy atom. The lowest BCUT2D eigenvalue weighted by molar-refractivity contribution is -0.103. The fourth-order valence-corrected chi connectivity index (χ4v) is 5.96. The Balaban J connectivity index is 1.82. The van der Waals surface area contributed by atoms with Gasteiger partial charge >= 0.3 is 0 Å². The van der Waals surface area contributed by atoms with Gasteiger partial charge in [-0.2, -0.15) is 0 Å². The molecule has 24 heavy (non-hydrogen) atoms. The van der Waals surface area contributed by atoms with E-state index in [-0.39, 0.29) is 6.23 Å². The highest BCUT2D eigenvalue weighted by atomic mass is 16.5. The molecule has 1 aromatic heterocycles. The first-order chi connectivity index (χ1) is 11.8. The Morgan fingerprint density at radius 1 is 1.21 bits per heavy atom. The molecule has 0 aliphatic carbocycles. The van der Waals surface area contributed by atoms with Gasteiger partial charge in [0.2, 0.25) is 0 Å². The number of hydrogen-bond donors (Lipinski definition) is 0. The summed E-state index contributed by atoms with van der Waals surface area (Å²) in [6, 6.07) is 9.60. The molecule has 2 aromatic rings. The van der Waals surface area contributed by atoms with Crippen LogP contribution in [0.4, 0.5) is 0 Å². The average molecular weight is 324 g/mol. The Kier molecular flexibility index (Phi) is 3.33. The number of hydrogen-bond acceptors (Lipinski definition) is 2. The summed E-state index contributed by atoms with van der Waals surface area (Å²) in [6.45, 7) is 7.83. The minimum absolute atomic E-state index is 0.206. The van der Waals surface area contributed by atoms with Gasteiger partial charge in [0.15, 0.2) is 0 Å². The number of aromatic nitrogens is 1. The first-order valence-corrected chi connectivity index (χ1v) is 9.76. The van der Waals surface area contributed by atoms with Crippen molar-refractivity contribution in [3.63, 3.8) is 0 Å². The van der Waals surface area contributed by atoms with E-state index in [1.54, 1.807) is 11.3 Å². The monoisotopic (exact) mass is 324 g/mol. The zero-order valence-corrected chi connectivity index (χ0v) is 14.9. The van der Waals surface area contributed by atoms with Crippen LogP contribution in [0.15, 0.2) is 24.3 Å². The molecule has 128 valence electrons. The number of rotatable bonds is 3. The first-order valence-electron chi connectivity index (χ1n) is 9.76. The van der Waals surface area contributed by atoms with Crippen LogP contribution in [0.2, 0.25) is 0 Å². The standard InChI is InChI=1S/C21H28N2O/c1-3-21-11-7-12-22-13-10-16-15-8-5-6-9-17(15)23(19(16)20(21)22)18(14-21)24-4-2/h5-6,8-9,18,20H,3-4,7,10-14H2,1-2H3/t18-,20-,21+/m0/s1. The maximum absolute atomic E-state index is 6.31. The van der Waals surface area contributed by atoms with Crippen LogP contribution in [0.25, 0.3) is 10.9 Å². The lowest BCUT2D eigenvalue weighted by Crippen LogP contribution is -2.53. The van der Waals surface area contributed by atoms with Crippen LogP contribution in [0.3, 0.4) is 0 Å². The van der Waals surface area contributed by atoms with Gasteiger partial charge in [-0.3, -0.25) is 4.90 Å². The maximum atomic E-state index is 6.31. The van der Waals surface area contributed by atoms with E-state index < -0.39 is 0 Å². The van der Waals surface area contributed by atoms with Gasteiger partial charge < -0.3 is 9.30 Å². The third-order valence-corrected chi connectivity index (χ3v) is 6.96. The molecule has 3 heteroatoms. The molecule has 0 spiro atoms. The highest BCUT2D eigenvalue weighted by Crippen LogP contribution is 2.59. The van der Waals surface area contributed by atoms with Crippen LogP contribution in [0.5, 0.6) is 0 Å². The lowest BCUT2D eigenvalue weighted by Gasteiger charge is -2.56. The zero-order valence-electron chi connectivity index (χ0n) is 14.9. The van der Waals surface area contributed by atoms with Crippen molar-refractivity contribution in [1.82, 2.24) is 9.47 Å². The highest BCUT2D eigenvalue weighted by Gasteiger charge is 2.53. The van der Waals surface area contributed by atoms with Crippen LogP contribution in [0, 0.1) is 5.41 Å². The van der Waals surface area contributed by atoms with Crippen molar-refractivity contribution in [3.8, 4) is 0 Å². The van der Waals surface area contributed by atoms with E-state index in [1.807, 2.05) is 0 Å². The summed E-state index contributed by atoms with van der Waals surface area (Å²) in [6.07, 6.45) is 6.53. The molecule has 3 aliphatic heterocycles. The second-order valence-corrected chi connectivity index (χ2v) is 7.87. The molecule has 3 aliphatic rings. The van der Waals surface area contributed by atoms with E-state index in [0.29, 0.717) is 11.5 Å². The molecule has 3 atom stereocenters. The van der Waals surface area contributed by atoms with Gasteiger partial charge in [-0.1, -0.05) is 25.1 Å². The summed E-state index contributed by atoms with van der Waals surface area (Å²) >= 11 is 0. The van der Waals surface area contributed by atoms with Crippen molar-refractivity contribution >= 4 is 10.9 Å². The van der Waals surface area contributed by atoms with Gasteiger partial charge in [-0.15, -0.1) is 0 Å². The fraction of sp³-hybridized carbons (Fsp3) is 0.619. The number of para-hydroxylation sites is 1. The molecule has 5 rings (SSSR count). The first kappa shape index (κ1) is 15.0. The third kappa shape index (κ3) is 1.80. The molecular formula is C21H28N2O. The molecule has 0 N–H and O–H groups in total. The van der Waals surface area contributed by atoms with Crippen molar-refractivity contribution in [2.24, 2.45) is 5.41 Å². The van der Waals surface area contributed by atoms with Crippen molar-refractivity contribution in [2.75, 3.05) is 19.7 Å².